The van der Waals surface area contributed by atoms with E-state index in [9.17, 15) is 19.2 Å². The third kappa shape index (κ3) is 12.4. The molecule has 0 spiro atoms. The fourth-order valence-electron chi connectivity index (χ4n) is 8.32. The van der Waals surface area contributed by atoms with Crippen molar-refractivity contribution in [3.05, 3.63) is 117 Å². The first-order valence-corrected chi connectivity index (χ1v) is 21.3. The van der Waals surface area contributed by atoms with Gasteiger partial charge in [-0.25, -0.2) is 0 Å². The maximum Gasteiger partial charge on any atom is 0.267 e. The van der Waals surface area contributed by atoms with Gasteiger partial charge in [-0.15, -0.1) is 24.8 Å². The van der Waals surface area contributed by atoms with Gasteiger partial charge in [0.1, 0.15) is 0 Å². The number of rotatable bonds is 8. The Bertz CT molecular complexity index is 2070. The summed E-state index contributed by atoms with van der Waals surface area (Å²) in [4.78, 5) is 58.4. The quantitative estimate of drug-likeness (QED) is 0.192. The molecule has 340 valence electrons. The van der Waals surface area contributed by atoms with Crippen molar-refractivity contribution in [2.75, 3.05) is 50.1 Å². The van der Waals surface area contributed by atoms with Gasteiger partial charge in [-0.05, 0) is 88.0 Å². The molecule has 4 aliphatic heterocycles. The first-order chi connectivity index (χ1) is 28.8. The van der Waals surface area contributed by atoms with E-state index in [1.807, 2.05) is 36.4 Å². The molecule has 4 aromatic carbocycles. The van der Waals surface area contributed by atoms with Gasteiger partial charge in [0.05, 0.1) is 22.5 Å². The molecule has 2 fully saturated rings. The lowest BCUT2D eigenvalue weighted by Crippen LogP contribution is -2.48. The Hall–Kier alpha value is -4.60. The van der Waals surface area contributed by atoms with Gasteiger partial charge in [0.25, 0.3) is 23.6 Å². The number of halogens is 4. The number of benzene rings is 4. The lowest BCUT2D eigenvalue weighted by molar-refractivity contribution is -0.125. The molecule has 8 rings (SSSR count). The molecular formula is C46H56Cl4N6O7. The molecule has 0 aliphatic carbocycles. The van der Waals surface area contributed by atoms with Gasteiger partial charge < -0.3 is 35.4 Å². The lowest BCUT2D eigenvalue weighted by atomic mass is 10.0. The van der Waals surface area contributed by atoms with Crippen molar-refractivity contribution in [2.45, 2.75) is 76.9 Å². The van der Waals surface area contributed by atoms with E-state index < -0.39 is 12.2 Å². The second-order valence-corrected chi connectivity index (χ2v) is 16.9. The normalized spacial score (nSPS) is 20.7. The minimum atomic E-state index is -0.647. The van der Waals surface area contributed by atoms with Crippen LogP contribution in [0.4, 0.5) is 11.4 Å². The average Bonchev–Trinajstić information content (AvgIpc) is 3.23. The summed E-state index contributed by atoms with van der Waals surface area (Å²) in [6.45, 7) is 8.71. The number of anilines is 2. The molecule has 0 bridgehead atoms. The van der Waals surface area contributed by atoms with Gasteiger partial charge in [-0.2, -0.15) is 0 Å². The highest BCUT2D eigenvalue weighted by Crippen LogP contribution is 2.40. The van der Waals surface area contributed by atoms with Gasteiger partial charge in [-0.1, -0.05) is 83.9 Å². The lowest BCUT2D eigenvalue weighted by Gasteiger charge is -2.34. The summed E-state index contributed by atoms with van der Waals surface area (Å²) < 4.78 is 11.6. The van der Waals surface area contributed by atoms with E-state index in [4.69, 9.17) is 32.7 Å². The summed E-state index contributed by atoms with van der Waals surface area (Å²) in [5.74, 6) is 0.0253. The number of hydrogen-bond donors (Lipinski definition) is 2. The molecule has 13 nitrogen and oxygen atoms in total. The van der Waals surface area contributed by atoms with Crippen LogP contribution in [0.25, 0.3) is 0 Å². The number of likely N-dealkylation sites (tertiary alicyclic amines) is 2. The summed E-state index contributed by atoms with van der Waals surface area (Å²) in [5.41, 5.74) is 4.30. The van der Waals surface area contributed by atoms with Gasteiger partial charge in [0, 0.05) is 62.4 Å². The zero-order valence-electron chi connectivity index (χ0n) is 35.8. The van der Waals surface area contributed by atoms with Crippen LogP contribution in [0, 0.1) is 0 Å². The maximum absolute atomic E-state index is 13.1. The largest absolute Gasteiger partial charge is 0.478 e. The topological polar surface area (TPSA) is 155 Å². The zero-order chi connectivity index (χ0) is 42.5. The summed E-state index contributed by atoms with van der Waals surface area (Å²) in [7, 11) is 3.33. The van der Waals surface area contributed by atoms with E-state index in [1.54, 1.807) is 52.2 Å². The Kier molecular flexibility index (Phi) is 18.5. The van der Waals surface area contributed by atoms with Crippen molar-refractivity contribution in [1.29, 1.82) is 0 Å². The minimum absolute atomic E-state index is 0. The number of amides is 4. The molecule has 0 radical (unpaired) electrons. The van der Waals surface area contributed by atoms with Crippen molar-refractivity contribution >= 4 is 83.0 Å². The van der Waals surface area contributed by atoms with Crippen molar-refractivity contribution in [1.82, 2.24) is 20.4 Å². The highest BCUT2D eigenvalue weighted by Gasteiger charge is 2.35. The number of hydrogen-bond acceptors (Lipinski definition) is 8. The Morgan fingerprint density at radius 3 is 1.37 bits per heavy atom. The number of nitrogens with one attached hydrogen (secondary N) is 2. The Morgan fingerprint density at radius 1 is 0.635 bits per heavy atom. The third-order valence-corrected chi connectivity index (χ3v) is 11.8. The number of fused-ring (bicyclic) bond motifs is 2. The number of piperidine rings is 2. The van der Waals surface area contributed by atoms with Crippen LogP contribution in [-0.2, 0) is 22.7 Å². The number of ether oxygens (including phenoxy) is 2. The van der Waals surface area contributed by atoms with E-state index in [2.05, 4.69) is 44.7 Å². The van der Waals surface area contributed by atoms with E-state index >= 15 is 0 Å². The SMILES string of the molecule is CC1Oc2c(C(=O)NC3CCCN(Cc4ccccc4)C3)cc(Cl)cc2N(C)C1=O.CC1Oc2c(C(=O)NC3CCCN(Cc4ccccc4)C3)cc(Cl)cc2N(C)C1=O.Cl.Cl.O. The van der Waals surface area contributed by atoms with Crippen molar-refractivity contribution in [3.8, 4) is 11.5 Å². The molecule has 0 saturated carbocycles. The second kappa shape index (κ2) is 22.8. The number of carbonyl (C=O) groups excluding carboxylic acids is 4. The Labute approximate surface area is 391 Å². The van der Waals surface area contributed by atoms with Crippen LogP contribution in [-0.4, -0.2) is 103 Å². The van der Waals surface area contributed by atoms with Crippen LogP contribution in [0.1, 0.15) is 71.4 Å². The maximum atomic E-state index is 13.1. The summed E-state index contributed by atoms with van der Waals surface area (Å²) in [6.07, 6.45) is 2.61. The third-order valence-electron chi connectivity index (χ3n) is 11.4. The molecule has 4 aromatic rings. The zero-order valence-corrected chi connectivity index (χ0v) is 38.9. The van der Waals surface area contributed by atoms with E-state index in [0.717, 1.165) is 65.0 Å². The molecule has 17 heteroatoms. The van der Waals surface area contributed by atoms with Crippen LogP contribution in [0.15, 0.2) is 84.9 Å². The van der Waals surface area contributed by atoms with Gasteiger partial charge in [-0.3, -0.25) is 29.0 Å². The molecular weight excluding hydrogens is 890 g/mol. The van der Waals surface area contributed by atoms with E-state index in [0.29, 0.717) is 44.0 Å². The predicted molar refractivity (Wildman–Crippen MR) is 252 cm³/mol. The van der Waals surface area contributed by atoms with E-state index in [1.165, 1.54) is 20.9 Å². The smallest absolute Gasteiger partial charge is 0.267 e. The van der Waals surface area contributed by atoms with Gasteiger partial charge in [0.15, 0.2) is 23.7 Å². The number of nitrogens with zero attached hydrogens (tertiary/aromatic N) is 4. The number of likely N-dealkylation sites (N-methyl/N-ethyl adjacent to an activating group) is 2. The predicted octanol–water partition coefficient (Wildman–Crippen LogP) is 6.98. The van der Waals surface area contributed by atoms with E-state index in [-0.39, 0.29) is 66.0 Å². The molecule has 4 atom stereocenters. The second-order valence-electron chi connectivity index (χ2n) is 16.0. The van der Waals surface area contributed by atoms with Crippen LogP contribution in [0.5, 0.6) is 11.5 Å². The fourth-order valence-corrected chi connectivity index (χ4v) is 8.75. The first-order valence-electron chi connectivity index (χ1n) is 20.5. The van der Waals surface area contributed by atoms with Crippen molar-refractivity contribution in [3.63, 3.8) is 0 Å². The molecule has 63 heavy (non-hydrogen) atoms. The first kappa shape index (κ1) is 51.0. The highest BCUT2D eigenvalue weighted by molar-refractivity contribution is 6.32. The van der Waals surface area contributed by atoms with Crippen molar-refractivity contribution < 1.29 is 34.1 Å². The summed E-state index contributed by atoms with van der Waals surface area (Å²) >= 11 is 12.5. The molecule has 4 N–H and O–H groups in total. The molecule has 0 aromatic heterocycles. The van der Waals surface area contributed by atoms with Crippen LogP contribution in [0.3, 0.4) is 0 Å². The molecule has 4 aliphatic rings. The molecule has 2 saturated heterocycles. The molecule has 4 heterocycles. The average molecular weight is 947 g/mol. The standard InChI is InChI=1S/2C23H26ClN3O3.2ClH.H2O/c2*1-15-23(29)26(2)20-12-17(24)11-19(21(20)30-15)22(28)25-18-9-6-10-27(14-18)13-16-7-4-3-5-8-16;;;/h2*3-5,7-8,11-12,15,18H,6,9-10,13-14H2,1-2H3,(H,25,28);2*1H;1H2. The number of carbonyl (C=O) groups is 4. The summed E-state index contributed by atoms with van der Waals surface area (Å²) in [5, 5.41) is 7.08. The molecule has 4 amide bonds. The van der Waals surface area contributed by atoms with Crippen LogP contribution < -0.4 is 29.9 Å². The molecule has 4 unspecified atom stereocenters. The van der Waals surface area contributed by atoms with Crippen LogP contribution >= 0.6 is 48.0 Å². The fraction of sp³-hybridized carbons (Fsp3) is 0.391. The Balaban J connectivity index is 0.000000264. The summed E-state index contributed by atoms with van der Waals surface area (Å²) in [6, 6.07) is 27.3. The monoisotopic (exact) mass is 944 g/mol. The van der Waals surface area contributed by atoms with Gasteiger partial charge >= 0.3 is 0 Å². The van der Waals surface area contributed by atoms with Crippen molar-refractivity contribution in [2.24, 2.45) is 0 Å². The van der Waals surface area contributed by atoms with Gasteiger partial charge in [0.2, 0.25) is 0 Å². The highest BCUT2D eigenvalue weighted by atomic mass is 35.5. The minimum Gasteiger partial charge on any atom is -0.478 e. The Morgan fingerprint density at radius 2 is 1.00 bits per heavy atom. The van der Waals surface area contributed by atoms with Crippen LogP contribution in [0.2, 0.25) is 10.0 Å².